The van der Waals surface area contributed by atoms with Gasteiger partial charge in [0.1, 0.15) is 4.33 Å². The summed E-state index contributed by atoms with van der Waals surface area (Å²) in [4.78, 5) is 0. The van der Waals surface area contributed by atoms with E-state index in [4.69, 9.17) is 23.2 Å². The summed E-state index contributed by atoms with van der Waals surface area (Å²) in [5.41, 5.74) is 0. The molecule has 2 aliphatic carbocycles. The highest BCUT2D eigenvalue weighted by Gasteiger charge is 2.40. The molecule has 0 aromatic rings. The monoisotopic (exact) mass is 176 g/mol. The highest BCUT2D eigenvalue weighted by molar-refractivity contribution is 6.50. The van der Waals surface area contributed by atoms with E-state index < -0.39 is 4.33 Å². The fourth-order valence-corrected chi connectivity index (χ4v) is 2.48. The van der Waals surface area contributed by atoms with Gasteiger partial charge in [0, 0.05) is 0 Å². The van der Waals surface area contributed by atoms with Gasteiger partial charge in [-0.2, -0.15) is 0 Å². The second kappa shape index (κ2) is 2.15. The molecular weight excluding hydrogens is 167 g/mol. The van der Waals surface area contributed by atoms with Crippen LogP contribution < -0.4 is 0 Å². The normalized spacial score (nSPS) is 42.2. The van der Waals surface area contributed by atoms with Gasteiger partial charge in [0.15, 0.2) is 0 Å². The molecular formula is C8H10Cl2. The van der Waals surface area contributed by atoms with Crippen molar-refractivity contribution in [2.24, 2.45) is 11.8 Å². The van der Waals surface area contributed by atoms with Crippen molar-refractivity contribution in [3.63, 3.8) is 0 Å². The highest BCUT2D eigenvalue weighted by atomic mass is 35.5. The van der Waals surface area contributed by atoms with Crippen LogP contribution in [-0.4, -0.2) is 4.33 Å². The van der Waals surface area contributed by atoms with Crippen molar-refractivity contribution >= 4 is 23.2 Å². The second-order valence-corrected chi connectivity index (χ2v) is 4.75. The smallest absolute Gasteiger partial charge is 0.0967 e. The van der Waals surface area contributed by atoms with E-state index in [9.17, 15) is 0 Å². The Kier molecular flexibility index (Phi) is 1.50. The van der Waals surface area contributed by atoms with Gasteiger partial charge in [-0.05, 0) is 31.1 Å². The fraction of sp³-hybridized carbons (Fsp3) is 0.750. The summed E-state index contributed by atoms with van der Waals surface area (Å²) < 4.78 is -0.549. The summed E-state index contributed by atoms with van der Waals surface area (Å²) in [5, 5.41) is 0. The molecule has 0 aromatic heterocycles. The van der Waals surface area contributed by atoms with Crippen LogP contribution in [0.3, 0.4) is 0 Å². The van der Waals surface area contributed by atoms with Gasteiger partial charge < -0.3 is 0 Å². The third-order valence-corrected chi connectivity index (χ3v) is 3.48. The molecule has 2 atom stereocenters. The average molecular weight is 177 g/mol. The van der Waals surface area contributed by atoms with Crippen LogP contribution in [0.2, 0.25) is 0 Å². The Morgan fingerprint density at radius 1 is 1.30 bits per heavy atom. The Morgan fingerprint density at radius 3 is 2.80 bits per heavy atom. The van der Waals surface area contributed by atoms with Crippen molar-refractivity contribution in [1.82, 2.24) is 0 Å². The van der Waals surface area contributed by atoms with Gasteiger partial charge in [-0.1, -0.05) is 35.4 Å². The van der Waals surface area contributed by atoms with Crippen LogP contribution in [-0.2, 0) is 0 Å². The number of halogens is 2. The number of hydrogen-bond donors (Lipinski definition) is 0. The van der Waals surface area contributed by atoms with E-state index in [1.165, 1.54) is 19.3 Å². The number of allylic oxidation sites excluding steroid dienone is 2. The van der Waals surface area contributed by atoms with E-state index in [1.54, 1.807) is 0 Å². The predicted molar refractivity (Wildman–Crippen MR) is 44.4 cm³/mol. The van der Waals surface area contributed by atoms with Gasteiger partial charge in [-0.3, -0.25) is 0 Å². The van der Waals surface area contributed by atoms with Gasteiger partial charge >= 0.3 is 0 Å². The van der Waals surface area contributed by atoms with E-state index >= 15 is 0 Å². The van der Waals surface area contributed by atoms with Gasteiger partial charge in [0.05, 0.1) is 0 Å². The molecule has 0 spiro atoms. The summed E-state index contributed by atoms with van der Waals surface area (Å²) in [5.74, 6) is 1.29. The topological polar surface area (TPSA) is 0 Å². The first-order valence-corrected chi connectivity index (χ1v) is 4.51. The Hall–Kier alpha value is 0.320. The first-order chi connectivity index (χ1) is 4.68. The Morgan fingerprint density at radius 2 is 2.10 bits per heavy atom. The van der Waals surface area contributed by atoms with E-state index in [0.29, 0.717) is 5.92 Å². The minimum Gasteiger partial charge on any atom is -0.0967 e. The molecule has 2 unspecified atom stereocenters. The summed E-state index contributed by atoms with van der Waals surface area (Å²) in [6.45, 7) is 0. The molecule has 0 amide bonds. The van der Waals surface area contributed by atoms with Crippen LogP contribution in [0.15, 0.2) is 12.2 Å². The maximum Gasteiger partial charge on any atom is 0.139 e. The van der Waals surface area contributed by atoms with E-state index in [2.05, 4.69) is 6.08 Å². The van der Waals surface area contributed by atoms with E-state index in [-0.39, 0.29) is 0 Å². The molecule has 2 bridgehead atoms. The summed E-state index contributed by atoms with van der Waals surface area (Å²) in [6.07, 6.45) is 7.81. The maximum atomic E-state index is 6.04. The molecule has 2 aliphatic rings. The molecule has 0 saturated heterocycles. The third-order valence-electron chi connectivity index (χ3n) is 2.61. The molecule has 56 valence electrons. The first kappa shape index (κ1) is 7.00. The average Bonchev–Trinajstić information content (AvgIpc) is 2.26. The van der Waals surface area contributed by atoms with Crippen molar-refractivity contribution in [1.29, 1.82) is 0 Å². The van der Waals surface area contributed by atoms with Crippen LogP contribution in [0.25, 0.3) is 0 Å². The Balaban J connectivity index is 2.27. The molecule has 0 N–H and O–H groups in total. The number of rotatable bonds is 0. The zero-order valence-corrected chi connectivity index (χ0v) is 7.20. The first-order valence-electron chi connectivity index (χ1n) is 3.75. The van der Waals surface area contributed by atoms with Crippen LogP contribution in [0, 0.1) is 11.8 Å². The summed E-state index contributed by atoms with van der Waals surface area (Å²) in [6, 6.07) is 0. The molecule has 0 heterocycles. The number of fused-ring (bicyclic) bond motifs is 2. The molecule has 10 heavy (non-hydrogen) atoms. The number of hydrogen-bond acceptors (Lipinski definition) is 0. The van der Waals surface area contributed by atoms with Crippen LogP contribution in [0.4, 0.5) is 0 Å². The minimum atomic E-state index is -0.549. The molecule has 2 heteroatoms. The van der Waals surface area contributed by atoms with Crippen LogP contribution >= 0.6 is 23.2 Å². The SMILES string of the molecule is ClC1(Cl)C=CC2CCC1C2. The molecule has 0 nitrogen and oxygen atoms in total. The highest BCUT2D eigenvalue weighted by Crippen LogP contribution is 2.48. The molecule has 0 aromatic carbocycles. The lowest BCUT2D eigenvalue weighted by atomic mass is 9.95. The predicted octanol–water partition coefficient (Wildman–Crippen LogP) is 3.15. The van der Waals surface area contributed by atoms with Crippen molar-refractivity contribution in [3.05, 3.63) is 12.2 Å². The van der Waals surface area contributed by atoms with Gasteiger partial charge in [0.25, 0.3) is 0 Å². The standard InChI is InChI=1S/C8H10Cl2/c9-8(10)4-3-6-1-2-7(8)5-6/h3-4,6-7H,1-2,5H2. The lowest BCUT2D eigenvalue weighted by molar-refractivity contribution is 0.496. The Bertz CT molecular complexity index is 172. The third kappa shape index (κ3) is 0.981. The van der Waals surface area contributed by atoms with Crippen molar-refractivity contribution in [2.45, 2.75) is 23.6 Å². The quantitative estimate of drug-likeness (QED) is 0.393. The van der Waals surface area contributed by atoms with Gasteiger partial charge in [-0.25, -0.2) is 0 Å². The molecule has 2 rings (SSSR count). The van der Waals surface area contributed by atoms with Crippen LogP contribution in [0.1, 0.15) is 19.3 Å². The zero-order chi connectivity index (χ0) is 7.19. The van der Waals surface area contributed by atoms with E-state index in [0.717, 1.165) is 5.92 Å². The molecule has 1 saturated carbocycles. The molecule has 0 aliphatic heterocycles. The minimum absolute atomic E-state index is 0.519. The van der Waals surface area contributed by atoms with Crippen LogP contribution in [0.5, 0.6) is 0 Å². The Labute approximate surface area is 71.2 Å². The maximum absolute atomic E-state index is 6.04. The van der Waals surface area contributed by atoms with Crippen molar-refractivity contribution in [3.8, 4) is 0 Å². The van der Waals surface area contributed by atoms with Crippen molar-refractivity contribution < 1.29 is 0 Å². The molecule has 1 fully saturated rings. The van der Waals surface area contributed by atoms with Gasteiger partial charge in [0.2, 0.25) is 0 Å². The van der Waals surface area contributed by atoms with Crippen molar-refractivity contribution in [2.75, 3.05) is 0 Å². The summed E-state index contributed by atoms with van der Waals surface area (Å²) >= 11 is 12.1. The number of alkyl halides is 2. The molecule has 0 radical (unpaired) electrons. The van der Waals surface area contributed by atoms with E-state index in [1.807, 2.05) is 6.08 Å². The summed E-state index contributed by atoms with van der Waals surface area (Å²) in [7, 11) is 0. The van der Waals surface area contributed by atoms with Gasteiger partial charge in [-0.15, -0.1) is 0 Å². The lowest BCUT2D eigenvalue weighted by Gasteiger charge is -2.26. The lowest BCUT2D eigenvalue weighted by Crippen LogP contribution is -2.23. The fourth-order valence-electron chi connectivity index (χ4n) is 1.94. The second-order valence-electron chi connectivity index (χ2n) is 3.30. The largest absolute Gasteiger partial charge is 0.139 e. The zero-order valence-electron chi connectivity index (χ0n) is 5.69.